The van der Waals surface area contributed by atoms with Crippen molar-refractivity contribution in [2.24, 2.45) is 0 Å². The third kappa shape index (κ3) is 2.43. The van der Waals surface area contributed by atoms with Gasteiger partial charge in [0, 0.05) is 0 Å². The van der Waals surface area contributed by atoms with Crippen LogP contribution in [0.25, 0.3) is 0 Å². The molecule has 4 nitrogen and oxygen atoms in total. The van der Waals surface area contributed by atoms with Gasteiger partial charge in [0.05, 0.1) is 25.3 Å². The Labute approximate surface area is 90.5 Å². The molecule has 2 atom stereocenters. The molecule has 0 aromatic carbocycles. The summed E-state index contributed by atoms with van der Waals surface area (Å²) in [4.78, 5) is 13.7. The number of amides is 1. The molecule has 0 aliphatic carbocycles. The van der Waals surface area contributed by atoms with Crippen LogP contribution in [-0.4, -0.2) is 41.9 Å². The molecule has 2 unspecified atom stereocenters. The summed E-state index contributed by atoms with van der Waals surface area (Å²) in [5.74, 6) is 0. The molecule has 0 radical (unpaired) electrons. The summed E-state index contributed by atoms with van der Waals surface area (Å²) in [5.41, 5.74) is -0.408. The van der Waals surface area contributed by atoms with Crippen molar-refractivity contribution < 1.29 is 14.3 Å². The Morgan fingerprint density at radius 2 is 2.13 bits per heavy atom. The number of morpholine rings is 1. The van der Waals surface area contributed by atoms with Gasteiger partial charge in [-0.2, -0.15) is 0 Å². The van der Waals surface area contributed by atoms with Gasteiger partial charge in [0.2, 0.25) is 0 Å². The second kappa shape index (κ2) is 3.67. The predicted octanol–water partition coefficient (Wildman–Crippen LogP) is 1.78. The van der Waals surface area contributed by atoms with Crippen molar-refractivity contribution in [2.45, 2.75) is 51.4 Å². The molecule has 3 saturated heterocycles. The SMILES string of the molecule is CC(C)(C)OC(=O)N1CC2CCC1CO2. The number of hydrogen-bond acceptors (Lipinski definition) is 3. The molecule has 86 valence electrons. The Kier molecular flexibility index (Phi) is 2.63. The van der Waals surface area contributed by atoms with Crippen LogP contribution in [0.2, 0.25) is 0 Å². The molecular formula is C11H19NO3. The monoisotopic (exact) mass is 213 g/mol. The van der Waals surface area contributed by atoms with Crippen LogP contribution in [0.3, 0.4) is 0 Å². The maximum Gasteiger partial charge on any atom is 0.410 e. The zero-order valence-corrected chi connectivity index (χ0v) is 9.66. The standard InChI is InChI=1S/C11H19NO3/c1-11(2,3)15-10(13)12-6-9-5-4-8(12)7-14-9/h8-9H,4-7H2,1-3H3. The van der Waals surface area contributed by atoms with Crippen molar-refractivity contribution in [1.82, 2.24) is 4.90 Å². The van der Waals surface area contributed by atoms with Crippen LogP contribution in [0.4, 0.5) is 4.79 Å². The van der Waals surface area contributed by atoms with E-state index in [1.165, 1.54) is 0 Å². The van der Waals surface area contributed by atoms with Crippen molar-refractivity contribution in [2.75, 3.05) is 13.2 Å². The van der Waals surface area contributed by atoms with Crippen LogP contribution < -0.4 is 0 Å². The van der Waals surface area contributed by atoms with E-state index in [2.05, 4.69) is 0 Å². The Hall–Kier alpha value is -0.770. The Bertz CT molecular complexity index is 251. The second-order valence-electron chi connectivity index (χ2n) is 5.32. The fraction of sp³-hybridized carbons (Fsp3) is 0.909. The smallest absolute Gasteiger partial charge is 0.410 e. The number of ether oxygens (including phenoxy) is 2. The van der Waals surface area contributed by atoms with Gasteiger partial charge in [-0.1, -0.05) is 0 Å². The largest absolute Gasteiger partial charge is 0.444 e. The van der Waals surface area contributed by atoms with Gasteiger partial charge in [-0.3, -0.25) is 0 Å². The Morgan fingerprint density at radius 1 is 1.40 bits per heavy atom. The first-order chi connectivity index (χ1) is 6.96. The van der Waals surface area contributed by atoms with E-state index in [-0.39, 0.29) is 18.2 Å². The molecule has 3 fully saturated rings. The van der Waals surface area contributed by atoms with Gasteiger partial charge >= 0.3 is 6.09 Å². The van der Waals surface area contributed by atoms with Gasteiger partial charge in [-0.15, -0.1) is 0 Å². The lowest BCUT2D eigenvalue weighted by atomic mass is 9.98. The van der Waals surface area contributed by atoms with Crippen molar-refractivity contribution in [3.05, 3.63) is 0 Å². The average Bonchev–Trinajstić information content (AvgIpc) is 2.17. The van der Waals surface area contributed by atoms with E-state index in [1.807, 2.05) is 25.7 Å². The number of rotatable bonds is 0. The minimum Gasteiger partial charge on any atom is -0.444 e. The number of nitrogens with zero attached hydrogens (tertiary/aromatic N) is 1. The Morgan fingerprint density at radius 3 is 2.53 bits per heavy atom. The minimum atomic E-state index is -0.408. The van der Waals surface area contributed by atoms with Crippen LogP contribution in [0.1, 0.15) is 33.6 Å². The van der Waals surface area contributed by atoms with Gasteiger partial charge in [-0.25, -0.2) is 4.79 Å². The fourth-order valence-electron chi connectivity index (χ4n) is 2.09. The van der Waals surface area contributed by atoms with E-state index < -0.39 is 5.60 Å². The minimum absolute atomic E-state index is 0.194. The van der Waals surface area contributed by atoms with Crippen molar-refractivity contribution in [1.29, 1.82) is 0 Å². The molecule has 3 aliphatic heterocycles. The van der Waals surface area contributed by atoms with E-state index >= 15 is 0 Å². The maximum absolute atomic E-state index is 11.9. The third-order valence-corrected chi connectivity index (χ3v) is 2.82. The van der Waals surface area contributed by atoms with E-state index in [0.29, 0.717) is 13.2 Å². The molecule has 1 amide bonds. The van der Waals surface area contributed by atoms with E-state index in [9.17, 15) is 4.79 Å². The number of carbonyl (C=O) groups is 1. The highest BCUT2D eigenvalue weighted by Crippen LogP contribution is 2.27. The van der Waals surface area contributed by atoms with Crippen LogP contribution in [0, 0.1) is 0 Å². The first-order valence-electron chi connectivity index (χ1n) is 5.57. The number of fused-ring (bicyclic) bond motifs is 3. The maximum atomic E-state index is 11.9. The molecule has 3 rings (SSSR count). The molecule has 0 saturated carbocycles. The van der Waals surface area contributed by atoms with Gasteiger partial charge in [0.25, 0.3) is 0 Å². The summed E-state index contributed by atoms with van der Waals surface area (Å²) >= 11 is 0. The number of hydrogen-bond donors (Lipinski definition) is 0. The van der Waals surface area contributed by atoms with Crippen molar-refractivity contribution in [3.8, 4) is 0 Å². The lowest BCUT2D eigenvalue weighted by Crippen LogP contribution is -2.57. The number of carbonyl (C=O) groups excluding carboxylic acids is 1. The lowest BCUT2D eigenvalue weighted by Gasteiger charge is -2.44. The first-order valence-corrected chi connectivity index (χ1v) is 5.57. The summed E-state index contributed by atoms with van der Waals surface area (Å²) in [7, 11) is 0. The van der Waals surface area contributed by atoms with Crippen molar-refractivity contribution in [3.63, 3.8) is 0 Å². The first kappa shape index (κ1) is 10.7. The highest BCUT2D eigenvalue weighted by Gasteiger charge is 2.38. The fourth-order valence-corrected chi connectivity index (χ4v) is 2.09. The molecule has 0 aromatic heterocycles. The average molecular weight is 213 g/mol. The third-order valence-electron chi connectivity index (χ3n) is 2.82. The molecule has 0 N–H and O–H groups in total. The van der Waals surface area contributed by atoms with E-state index in [4.69, 9.17) is 9.47 Å². The molecular weight excluding hydrogens is 194 g/mol. The summed E-state index contributed by atoms with van der Waals surface area (Å²) in [5, 5.41) is 0. The summed E-state index contributed by atoms with van der Waals surface area (Å²) in [6.07, 6.45) is 2.15. The molecule has 2 bridgehead atoms. The summed E-state index contributed by atoms with van der Waals surface area (Å²) < 4.78 is 10.9. The molecule has 3 aliphatic rings. The summed E-state index contributed by atoms with van der Waals surface area (Å²) in [6.45, 7) is 7.04. The van der Waals surface area contributed by atoms with Gasteiger partial charge in [0.1, 0.15) is 5.60 Å². The summed E-state index contributed by atoms with van der Waals surface area (Å²) in [6, 6.07) is 0.227. The molecule has 4 heteroatoms. The topological polar surface area (TPSA) is 38.8 Å². The van der Waals surface area contributed by atoms with Crippen LogP contribution in [-0.2, 0) is 9.47 Å². The van der Waals surface area contributed by atoms with Crippen LogP contribution in [0.15, 0.2) is 0 Å². The van der Waals surface area contributed by atoms with E-state index in [1.54, 1.807) is 0 Å². The predicted molar refractivity (Wildman–Crippen MR) is 55.7 cm³/mol. The van der Waals surface area contributed by atoms with E-state index in [0.717, 1.165) is 12.8 Å². The van der Waals surface area contributed by atoms with Gasteiger partial charge in [0.15, 0.2) is 0 Å². The normalized spacial score (nSPS) is 30.5. The van der Waals surface area contributed by atoms with Crippen LogP contribution >= 0.6 is 0 Å². The van der Waals surface area contributed by atoms with Crippen molar-refractivity contribution >= 4 is 6.09 Å². The van der Waals surface area contributed by atoms with Crippen LogP contribution in [0.5, 0.6) is 0 Å². The molecule has 0 spiro atoms. The zero-order valence-electron chi connectivity index (χ0n) is 9.66. The Balaban J connectivity index is 1.96. The highest BCUT2D eigenvalue weighted by atomic mass is 16.6. The molecule has 15 heavy (non-hydrogen) atoms. The highest BCUT2D eigenvalue weighted by molar-refractivity contribution is 5.69. The molecule has 0 aromatic rings. The van der Waals surface area contributed by atoms with Gasteiger partial charge < -0.3 is 14.4 Å². The quantitative estimate of drug-likeness (QED) is 0.615. The lowest BCUT2D eigenvalue weighted by molar-refractivity contribution is -0.105. The molecule has 3 heterocycles. The zero-order chi connectivity index (χ0) is 11.1. The second-order valence-corrected chi connectivity index (χ2v) is 5.32. The van der Waals surface area contributed by atoms with Gasteiger partial charge in [-0.05, 0) is 33.6 Å². The number of piperidine rings is 1.